The minimum absolute atomic E-state index is 0.141. The number of aromatic nitrogens is 2. The van der Waals surface area contributed by atoms with E-state index in [2.05, 4.69) is 9.97 Å². The summed E-state index contributed by atoms with van der Waals surface area (Å²) in [4.78, 5) is 22.0. The lowest BCUT2D eigenvalue weighted by atomic mass is 10.00. The molecule has 1 amide bonds. The Hall–Kier alpha value is -2.50. The highest BCUT2D eigenvalue weighted by Gasteiger charge is 2.27. The second-order valence-corrected chi connectivity index (χ2v) is 5.56. The zero-order chi connectivity index (χ0) is 15.5. The van der Waals surface area contributed by atoms with E-state index >= 15 is 0 Å². The van der Waals surface area contributed by atoms with Crippen LogP contribution in [0.5, 0.6) is 0 Å². The maximum atomic E-state index is 12.9. The third-order valence-corrected chi connectivity index (χ3v) is 3.89. The van der Waals surface area contributed by atoms with Gasteiger partial charge in [0, 0.05) is 19.3 Å². The molecular weight excluding hydrogens is 283 g/mol. The Bertz CT molecular complexity index is 657. The number of rotatable bonds is 3. The number of nitrogens with two attached hydrogens (primary N) is 1. The van der Waals surface area contributed by atoms with Crippen LogP contribution in [0.4, 0.5) is 10.2 Å². The van der Waals surface area contributed by atoms with Crippen LogP contribution in [0.3, 0.4) is 0 Å². The summed E-state index contributed by atoms with van der Waals surface area (Å²) in [7, 11) is 0. The largest absolute Gasteiger partial charge is 0.384 e. The summed E-state index contributed by atoms with van der Waals surface area (Å²) < 4.78 is 12.9. The number of nitrogens with zero attached hydrogens (tertiary/aromatic N) is 3. The lowest BCUT2D eigenvalue weighted by Gasteiger charge is -2.16. The molecule has 22 heavy (non-hydrogen) atoms. The number of anilines is 1. The first-order valence-electron chi connectivity index (χ1n) is 7.23. The summed E-state index contributed by atoms with van der Waals surface area (Å²) in [5.41, 5.74) is 6.98. The third kappa shape index (κ3) is 3.21. The van der Waals surface area contributed by atoms with Crippen molar-refractivity contribution >= 4 is 11.7 Å². The summed E-state index contributed by atoms with van der Waals surface area (Å²) in [5.74, 6) is 0.328. The number of likely N-dealkylation sites (tertiary alicyclic amines) is 1. The number of hydrogen-bond acceptors (Lipinski definition) is 4. The fourth-order valence-electron chi connectivity index (χ4n) is 2.74. The van der Waals surface area contributed by atoms with Crippen LogP contribution < -0.4 is 5.73 Å². The van der Waals surface area contributed by atoms with Gasteiger partial charge in [-0.25, -0.2) is 14.4 Å². The first kappa shape index (κ1) is 14.4. The first-order chi connectivity index (χ1) is 10.6. The Kier molecular flexibility index (Phi) is 4.00. The van der Waals surface area contributed by atoms with E-state index in [9.17, 15) is 9.18 Å². The molecule has 1 saturated heterocycles. The highest BCUT2D eigenvalue weighted by molar-refractivity contribution is 5.92. The summed E-state index contributed by atoms with van der Waals surface area (Å²) in [6.07, 6.45) is 4.66. The molecule has 2 aromatic heterocycles. The van der Waals surface area contributed by atoms with Crippen molar-refractivity contribution in [1.29, 1.82) is 0 Å². The van der Waals surface area contributed by atoms with Crippen molar-refractivity contribution in [2.75, 3.05) is 18.8 Å². The second-order valence-electron chi connectivity index (χ2n) is 5.56. The molecule has 0 aliphatic carbocycles. The van der Waals surface area contributed by atoms with E-state index in [-0.39, 0.29) is 11.6 Å². The molecule has 3 heterocycles. The van der Waals surface area contributed by atoms with Crippen LogP contribution in [0.15, 0.2) is 36.7 Å². The molecule has 1 atom stereocenters. The quantitative estimate of drug-likeness (QED) is 0.939. The van der Waals surface area contributed by atoms with Crippen LogP contribution in [0.25, 0.3) is 0 Å². The molecule has 2 N–H and O–H groups in total. The molecule has 0 saturated carbocycles. The van der Waals surface area contributed by atoms with Crippen molar-refractivity contribution in [2.45, 2.75) is 12.8 Å². The molecule has 3 rings (SSSR count). The molecule has 0 spiro atoms. The van der Waals surface area contributed by atoms with Crippen molar-refractivity contribution in [1.82, 2.24) is 14.9 Å². The molecule has 1 unspecified atom stereocenters. The standard InChI is InChI=1S/C16H17FN4O/c17-13-2-3-14(19-9-13)16(22)21-6-5-12(10-21)7-11-1-4-15(18)20-8-11/h1-4,8-9,12H,5-7,10H2,(H2,18,20). The van der Waals surface area contributed by atoms with Crippen molar-refractivity contribution in [3.05, 3.63) is 53.7 Å². The van der Waals surface area contributed by atoms with Crippen LogP contribution in [-0.4, -0.2) is 33.9 Å². The van der Waals surface area contributed by atoms with E-state index < -0.39 is 5.82 Å². The molecular formula is C16H17FN4O. The SMILES string of the molecule is Nc1ccc(CC2CCN(C(=O)c3ccc(F)cn3)C2)cn1. The van der Waals surface area contributed by atoms with E-state index in [0.717, 1.165) is 24.6 Å². The molecule has 1 aliphatic heterocycles. The lowest BCUT2D eigenvalue weighted by molar-refractivity contribution is 0.0781. The Morgan fingerprint density at radius 3 is 2.82 bits per heavy atom. The normalized spacial score (nSPS) is 17.7. The van der Waals surface area contributed by atoms with Gasteiger partial charge in [0.15, 0.2) is 0 Å². The van der Waals surface area contributed by atoms with Gasteiger partial charge in [-0.05, 0) is 42.5 Å². The molecule has 1 aliphatic rings. The Morgan fingerprint density at radius 1 is 1.27 bits per heavy atom. The Balaban J connectivity index is 1.61. The third-order valence-electron chi connectivity index (χ3n) is 3.89. The van der Waals surface area contributed by atoms with Gasteiger partial charge in [-0.15, -0.1) is 0 Å². The summed E-state index contributed by atoms with van der Waals surface area (Å²) in [6.45, 7) is 1.38. The minimum atomic E-state index is -0.438. The van der Waals surface area contributed by atoms with Crippen molar-refractivity contribution in [2.24, 2.45) is 5.92 Å². The van der Waals surface area contributed by atoms with Crippen molar-refractivity contribution in [3.8, 4) is 0 Å². The number of hydrogen-bond donors (Lipinski definition) is 1. The van der Waals surface area contributed by atoms with Crippen molar-refractivity contribution < 1.29 is 9.18 Å². The average Bonchev–Trinajstić information content (AvgIpc) is 2.98. The van der Waals surface area contributed by atoms with E-state index in [4.69, 9.17) is 5.73 Å². The Labute approximate surface area is 128 Å². The van der Waals surface area contributed by atoms with Crippen molar-refractivity contribution in [3.63, 3.8) is 0 Å². The molecule has 0 radical (unpaired) electrons. The molecule has 2 aromatic rings. The molecule has 0 bridgehead atoms. The summed E-state index contributed by atoms with van der Waals surface area (Å²) >= 11 is 0. The van der Waals surface area contributed by atoms with Gasteiger partial charge in [-0.3, -0.25) is 4.79 Å². The summed E-state index contributed by atoms with van der Waals surface area (Å²) in [5, 5.41) is 0. The molecule has 5 nitrogen and oxygen atoms in total. The summed E-state index contributed by atoms with van der Waals surface area (Å²) in [6, 6.07) is 6.44. The molecule has 114 valence electrons. The van der Waals surface area contributed by atoms with Gasteiger partial charge < -0.3 is 10.6 Å². The highest BCUT2D eigenvalue weighted by atomic mass is 19.1. The fourth-order valence-corrected chi connectivity index (χ4v) is 2.74. The van der Waals surface area contributed by atoms with E-state index in [1.807, 2.05) is 6.07 Å². The number of nitrogen functional groups attached to an aromatic ring is 1. The van der Waals surface area contributed by atoms with Crippen LogP contribution in [0.2, 0.25) is 0 Å². The Morgan fingerprint density at radius 2 is 2.14 bits per heavy atom. The number of halogens is 1. The first-order valence-corrected chi connectivity index (χ1v) is 7.23. The monoisotopic (exact) mass is 300 g/mol. The van der Waals surface area contributed by atoms with Crippen LogP contribution in [0.1, 0.15) is 22.5 Å². The predicted molar refractivity (Wildman–Crippen MR) is 80.6 cm³/mol. The highest BCUT2D eigenvalue weighted by Crippen LogP contribution is 2.22. The molecule has 6 heteroatoms. The minimum Gasteiger partial charge on any atom is -0.384 e. The van der Waals surface area contributed by atoms with E-state index in [1.165, 1.54) is 12.1 Å². The fraction of sp³-hybridized carbons (Fsp3) is 0.312. The van der Waals surface area contributed by atoms with Gasteiger partial charge in [-0.1, -0.05) is 6.07 Å². The number of carbonyl (C=O) groups is 1. The number of pyridine rings is 2. The number of amides is 1. The van der Waals surface area contributed by atoms with Crippen LogP contribution in [0, 0.1) is 11.7 Å². The maximum Gasteiger partial charge on any atom is 0.272 e. The van der Waals surface area contributed by atoms with Gasteiger partial charge in [-0.2, -0.15) is 0 Å². The van der Waals surface area contributed by atoms with Gasteiger partial charge in [0.25, 0.3) is 5.91 Å². The van der Waals surface area contributed by atoms with Gasteiger partial charge in [0.1, 0.15) is 17.3 Å². The average molecular weight is 300 g/mol. The number of carbonyl (C=O) groups excluding carboxylic acids is 1. The van der Waals surface area contributed by atoms with E-state index in [0.29, 0.717) is 24.8 Å². The topological polar surface area (TPSA) is 72.1 Å². The molecule has 1 fully saturated rings. The molecule has 0 aromatic carbocycles. The van der Waals surface area contributed by atoms with Gasteiger partial charge >= 0.3 is 0 Å². The van der Waals surface area contributed by atoms with Crippen LogP contribution in [-0.2, 0) is 6.42 Å². The zero-order valence-corrected chi connectivity index (χ0v) is 12.1. The van der Waals surface area contributed by atoms with Gasteiger partial charge in [0.2, 0.25) is 0 Å². The van der Waals surface area contributed by atoms with Crippen LogP contribution >= 0.6 is 0 Å². The lowest BCUT2D eigenvalue weighted by Crippen LogP contribution is -2.29. The second kappa shape index (κ2) is 6.09. The van der Waals surface area contributed by atoms with Gasteiger partial charge in [0.05, 0.1) is 6.20 Å². The van der Waals surface area contributed by atoms with E-state index in [1.54, 1.807) is 17.2 Å². The predicted octanol–water partition coefficient (Wildman–Crippen LogP) is 1.90. The smallest absolute Gasteiger partial charge is 0.272 e. The maximum absolute atomic E-state index is 12.9. The zero-order valence-electron chi connectivity index (χ0n) is 12.1.